The molecular formula is C11H17N3OS. The van der Waals surface area contributed by atoms with Crippen LogP contribution in [-0.2, 0) is 11.2 Å². The number of hydrogen-bond acceptors (Lipinski definition) is 4. The smallest absolute Gasteiger partial charge is 0.220 e. The normalized spacial score (nSPS) is 20.1. The number of carbonyl (C=O) groups is 1. The van der Waals surface area contributed by atoms with E-state index in [1.807, 2.05) is 6.92 Å². The summed E-state index contributed by atoms with van der Waals surface area (Å²) in [5.74, 6) is 0.182. The topological polar surface area (TPSA) is 54.0 Å². The number of rotatable bonds is 5. The summed E-state index contributed by atoms with van der Waals surface area (Å²) in [5, 5.41) is 9.53. The van der Waals surface area contributed by atoms with Gasteiger partial charge in [0.15, 0.2) is 0 Å². The van der Waals surface area contributed by atoms with E-state index in [1.165, 1.54) is 0 Å². The van der Waals surface area contributed by atoms with Crippen molar-refractivity contribution in [2.75, 3.05) is 13.1 Å². The molecule has 1 fully saturated rings. The van der Waals surface area contributed by atoms with E-state index in [4.69, 9.17) is 0 Å². The van der Waals surface area contributed by atoms with Crippen molar-refractivity contribution in [3.05, 3.63) is 16.1 Å². The highest BCUT2D eigenvalue weighted by Crippen LogP contribution is 2.08. The molecule has 0 aromatic carbocycles. The molecule has 2 N–H and O–H groups in total. The van der Waals surface area contributed by atoms with Crippen molar-refractivity contribution in [3.8, 4) is 0 Å². The molecule has 1 saturated heterocycles. The number of thiazole rings is 1. The lowest BCUT2D eigenvalue weighted by Gasteiger charge is -2.10. The van der Waals surface area contributed by atoms with Crippen molar-refractivity contribution in [1.29, 1.82) is 0 Å². The van der Waals surface area contributed by atoms with Crippen LogP contribution in [0.25, 0.3) is 0 Å². The van der Waals surface area contributed by atoms with Crippen LogP contribution in [0, 0.1) is 6.92 Å². The number of nitrogens with one attached hydrogen (secondary N) is 2. The molecule has 1 atom stereocenters. The van der Waals surface area contributed by atoms with Crippen LogP contribution in [0.15, 0.2) is 5.38 Å². The Balaban J connectivity index is 1.60. The van der Waals surface area contributed by atoms with E-state index in [0.29, 0.717) is 12.5 Å². The van der Waals surface area contributed by atoms with Crippen molar-refractivity contribution >= 4 is 17.2 Å². The van der Waals surface area contributed by atoms with Crippen molar-refractivity contribution in [2.45, 2.75) is 32.2 Å². The van der Waals surface area contributed by atoms with Gasteiger partial charge in [-0.15, -0.1) is 11.3 Å². The standard InChI is InChI=1S/C11H17N3OS/c1-8-13-10(7-16-8)4-5-12-6-9-2-3-11(15)14-9/h7,9,12H,2-6H2,1H3,(H,14,15). The van der Waals surface area contributed by atoms with Gasteiger partial charge in [0.05, 0.1) is 10.7 Å². The van der Waals surface area contributed by atoms with Crippen LogP contribution in [-0.4, -0.2) is 30.0 Å². The van der Waals surface area contributed by atoms with E-state index in [2.05, 4.69) is 21.0 Å². The molecule has 2 rings (SSSR count). The monoisotopic (exact) mass is 239 g/mol. The summed E-state index contributed by atoms with van der Waals surface area (Å²) in [6, 6.07) is 0.324. The van der Waals surface area contributed by atoms with Crippen LogP contribution in [0.2, 0.25) is 0 Å². The quantitative estimate of drug-likeness (QED) is 0.749. The maximum atomic E-state index is 11.0. The Bertz CT molecular complexity index is 364. The molecule has 2 heterocycles. The Morgan fingerprint density at radius 1 is 1.69 bits per heavy atom. The van der Waals surface area contributed by atoms with E-state index in [1.54, 1.807) is 11.3 Å². The lowest BCUT2D eigenvalue weighted by Crippen LogP contribution is -2.36. The van der Waals surface area contributed by atoms with Gasteiger partial charge < -0.3 is 10.6 Å². The molecule has 1 amide bonds. The second-order valence-corrected chi connectivity index (χ2v) is 5.18. The summed E-state index contributed by atoms with van der Waals surface area (Å²) >= 11 is 1.69. The lowest BCUT2D eigenvalue weighted by atomic mass is 10.2. The molecule has 1 unspecified atom stereocenters. The first-order chi connectivity index (χ1) is 7.74. The van der Waals surface area contributed by atoms with Gasteiger partial charge in [-0.05, 0) is 13.3 Å². The van der Waals surface area contributed by atoms with E-state index in [0.717, 1.165) is 36.6 Å². The Labute approximate surface area is 99.5 Å². The maximum absolute atomic E-state index is 11.0. The Morgan fingerprint density at radius 2 is 2.56 bits per heavy atom. The molecule has 1 aliphatic rings. The van der Waals surface area contributed by atoms with Crippen LogP contribution in [0.3, 0.4) is 0 Å². The molecule has 0 spiro atoms. The van der Waals surface area contributed by atoms with Gasteiger partial charge in [0.2, 0.25) is 5.91 Å². The van der Waals surface area contributed by atoms with Crippen LogP contribution >= 0.6 is 11.3 Å². The average Bonchev–Trinajstić information content (AvgIpc) is 2.83. The molecule has 0 aliphatic carbocycles. The van der Waals surface area contributed by atoms with E-state index < -0.39 is 0 Å². The van der Waals surface area contributed by atoms with Gasteiger partial charge in [0.25, 0.3) is 0 Å². The fourth-order valence-corrected chi connectivity index (χ4v) is 2.49. The highest BCUT2D eigenvalue weighted by atomic mass is 32.1. The molecule has 0 radical (unpaired) electrons. The molecule has 0 bridgehead atoms. The van der Waals surface area contributed by atoms with Crippen LogP contribution in [0.4, 0.5) is 0 Å². The minimum Gasteiger partial charge on any atom is -0.352 e. The van der Waals surface area contributed by atoms with Crippen molar-refractivity contribution in [1.82, 2.24) is 15.6 Å². The number of hydrogen-bond donors (Lipinski definition) is 2. The summed E-state index contributed by atoms with van der Waals surface area (Å²) < 4.78 is 0. The van der Waals surface area contributed by atoms with Gasteiger partial charge in [-0.25, -0.2) is 4.98 Å². The van der Waals surface area contributed by atoms with E-state index in [9.17, 15) is 4.79 Å². The second-order valence-electron chi connectivity index (χ2n) is 4.12. The molecule has 4 nitrogen and oxygen atoms in total. The Morgan fingerprint density at radius 3 is 3.19 bits per heavy atom. The highest BCUT2D eigenvalue weighted by molar-refractivity contribution is 7.09. The first kappa shape index (κ1) is 11.5. The van der Waals surface area contributed by atoms with E-state index in [-0.39, 0.29) is 5.91 Å². The number of aromatic nitrogens is 1. The molecule has 88 valence electrons. The number of aryl methyl sites for hydroxylation is 1. The predicted octanol–water partition coefficient (Wildman–Crippen LogP) is 0.862. The van der Waals surface area contributed by atoms with Gasteiger partial charge >= 0.3 is 0 Å². The summed E-state index contributed by atoms with van der Waals surface area (Å²) in [5.41, 5.74) is 1.16. The second kappa shape index (κ2) is 5.41. The summed E-state index contributed by atoms with van der Waals surface area (Å²) in [6.07, 6.45) is 2.60. The summed E-state index contributed by atoms with van der Waals surface area (Å²) in [4.78, 5) is 15.4. The van der Waals surface area contributed by atoms with Crippen molar-refractivity contribution in [2.24, 2.45) is 0 Å². The molecule has 5 heteroatoms. The summed E-state index contributed by atoms with van der Waals surface area (Å²) in [7, 11) is 0. The largest absolute Gasteiger partial charge is 0.352 e. The van der Waals surface area contributed by atoms with Gasteiger partial charge in [-0.2, -0.15) is 0 Å². The average molecular weight is 239 g/mol. The zero-order chi connectivity index (χ0) is 11.4. The SMILES string of the molecule is Cc1nc(CCNCC2CCC(=O)N2)cs1. The van der Waals surface area contributed by atoms with Crippen LogP contribution in [0.5, 0.6) is 0 Å². The Kier molecular flexibility index (Phi) is 3.90. The summed E-state index contributed by atoms with van der Waals surface area (Å²) in [6.45, 7) is 3.82. The number of carbonyl (C=O) groups excluding carboxylic acids is 1. The fraction of sp³-hybridized carbons (Fsp3) is 0.636. The molecular weight excluding hydrogens is 222 g/mol. The molecule has 0 saturated carbocycles. The minimum atomic E-state index is 0.182. The molecule has 1 aliphatic heterocycles. The molecule has 1 aromatic heterocycles. The Hall–Kier alpha value is -0.940. The number of nitrogens with zero attached hydrogens (tertiary/aromatic N) is 1. The third-order valence-electron chi connectivity index (χ3n) is 2.70. The van der Waals surface area contributed by atoms with Crippen molar-refractivity contribution < 1.29 is 4.79 Å². The van der Waals surface area contributed by atoms with Gasteiger partial charge in [0, 0.05) is 37.4 Å². The van der Waals surface area contributed by atoms with Crippen LogP contribution in [0.1, 0.15) is 23.5 Å². The minimum absolute atomic E-state index is 0.182. The third kappa shape index (κ3) is 3.28. The third-order valence-corrected chi connectivity index (χ3v) is 3.52. The van der Waals surface area contributed by atoms with Gasteiger partial charge in [-0.1, -0.05) is 0 Å². The fourth-order valence-electron chi connectivity index (χ4n) is 1.85. The van der Waals surface area contributed by atoms with E-state index >= 15 is 0 Å². The highest BCUT2D eigenvalue weighted by Gasteiger charge is 2.19. The van der Waals surface area contributed by atoms with Gasteiger partial charge in [-0.3, -0.25) is 4.79 Å². The molecule has 16 heavy (non-hydrogen) atoms. The first-order valence-corrected chi connectivity index (χ1v) is 6.53. The maximum Gasteiger partial charge on any atom is 0.220 e. The first-order valence-electron chi connectivity index (χ1n) is 5.65. The number of amides is 1. The van der Waals surface area contributed by atoms with Crippen LogP contribution < -0.4 is 10.6 Å². The lowest BCUT2D eigenvalue weighted by molar-refractivity contribution is -0.119. The predicted molar refractivity (Wildman–Crippen MR) is 64.6 cm³/mol. The van der Waals surface area contributed by atoms with Crippen molar-refractivity contribution in [3.63, 3.8) is 0 Å². The molecule has 1 aromatic rings. The zero-order valence-electron chi connectivity index (χ0n) is 9.45. The van der Waals surface area contributed by atoms with Gasteiger partial charge in [0.1, 0.15) is 0 Å². The zero-order valence-corrected chi connectivity index (χ0v) is 10.3.